The first-order valence-electron chi connectivity index (χ1n) is 5.73. The van der Waals surface area contributed by atoms with Gasteiger partial charge in [-0.05, 0) is 11.6 Å². The van der Waals surface area contributed by atoms with Gasteiger partial charge in [0.1, 0.15) is 0 Å². The maximum absolute atomic E-state index is 5.89. The molecule has 0 aliphatic rings. The van der Waals surface area contributed by atoms with Gasteiger partial charge in [0.05, 0.1) is 5.25 Å². The minimum Gasteiger partial charge on any atom is -0.353 e. The molecular formula is C12H15BrN4S2. The number of nitrogens with two attached hydrogens (primary N) is 1. The van der Waals surface area contributed by atoms with Gasteiger partial charge in [-0.1, -0.05) is 57.2 Å². The lowest BCUT2D eigenvalue weighted by atomic mass is 10.1. The van der Waals surface area contributed by atoms with Gasteiger partial charge >= 0.3 is 0 Å². The van der Waals surface area contributed by atoms with E-state index in [-0.39, 0.29) is 5.25 Å². The minimum absolute atomic E-state index is 0.179. The highest BCUT2D eigenvalue weighted by atomic mass is 79.9. The Balaban J connectivity index is 2.17. The van der Waals surface area contributed by atoms with Crippen LogP contribution < -0.4 is 10.6 Å². The van der Waals surface area contributed by atoms with E-state index < -0.39 is 0 Å². The van der Waals surface area contributed by atoms with Crippen LogP contribution in [0.3, 0.4) is 0 Å². The average Bonchev–Trinajstić information content (AvgIpc) is 2.86. The molecule has 0 saturated heterocycles. The molecule has 1 heterocycles. The summed E-state index contributed by atoms with van der Waals surface area (Å²) >= 11 is 6.81. The van der Waals surface area contributed by atoms with E-state index in [2.05, 4.69) is 32.2 Å². The highest BCUT2D eigenvalue weighted by Gasteiger charge is 2.17. The first-order valence-corrected chi connectivity index (χ1v) is 8.22. The van der Waals surface area contributed by atoms with E-state index in [9.17, 15) is 0 Å². The van der Waals surface area contributed by atoms with E-state index in [4.69, 9.17) is 5.73 Å². The molecule has 0 saturated carbocycles. The van der Waals surface area contributed by atoms with Crippen LogP contribution in [0.1, 0.15) is 10.8 Å². The van der Waals surface area contributed by atoms with Crippen molar-refractivity contribution in [1.82, 2.24) is 10.2 Å². The molecule has 0 fully saturated rings. The monoisotopic (exact) mass is 358 g/mol. The molecule has 19 heavy (non-hydrogen) atoms. The third-order valence-corrected chi connectivity index (χ3v) is 5.65. The molecule has 1 aromatic carbocycles. The number of rotatable bonds is 5. The summed E-state index contributed by atoms with van der Waals surface area (Å²) in [7, 11) is 3.92. The Morgan fingerprint density at radius 1 is 1.37 bits per heavy atom. The second kappa shape index (κ2) is 6.69. The molecule has 2 rings (SSSR count). The average molecular weight is 359 g/mol. The van der Waals surface area contributed by atoms with Crippen LogP contribution in [-0.2, 0) is 0 Å². The van der Waals surface area contributed by atoms with Gasteiger partial charge in [-0.2, -0.15) is 0 Å². The summed E-state index contributed by atoms with van der Waals surface area (Å²) in [5, 5.41) is 9.43. The van der Waals surface area contributed by atoms with Crippen LogP contribution in [0.4, 0.5) is 5.13 Å². The first kappa shape index (κ1) is 14.8. The third kappa shape index (κ3) is 3.68. The number of benzene rings is 1. The van der Waals surface area contributed by atoms with Crippen molar-refractivity contribution >= 4 is 44.2 Å². The lowest BCUT2D eigenvalue weighted by Gasteiger charge is -2.14. The number of halogens is 1. The number of hydrogen-bond acceptors (Lipinski definition) is 6. The van der Waals surface area contributed by atoms with Gasteiger partial charge in [0.2, 0.25) is 5.13 Å². The third-order valence-electron chi connectivity index (χ3n) is 2.49. The molecule has 0 amide bonds. The topological polar surface area (TPSA) is 55.0 Å². The number of anilines is 1. The largest absolute Gasteiger partial charge is 0.353 e. The number of nitrogens with zero attached hydrogens (tertiary/aromatic N) is 3. The zero-order valence-corrected chi connectivity index (χ0v) is 13.9. The Morgan fingerprint density at radius 3 is 2.68 bits per heavy atom. The highest BCUT2D eigenvalue weighted by Crippen LogP contribution is 2.39. The zero-order valence-electron chi connectivity index (χ0n) is 10.7. The van der Waals surface area contributed by atoms with Crippen molar-refractivity contribution in [3.63, 3.8) is 0 Å². The molecule has 102 valence electrons. The Labute approximate surface area is 129 Å². The summed E-state index contributed by atoms with van der Waals surface area (Å²) in [5.41, 5.74) is 7.08. The maximum atomic E-state index is 5.89. The van der Waals surface area contributed by atoms with Gasteiger partial charge in [-0.3, -0.25) is 0 Å². The van der Waals surface area contributed by atoms with E-state index in [0.29, 0.717) is 6.54 Å². The van der Waals surface area contributed by atoms with Crippen molar-refractivity contribution in [2.75, 3.05) is 25.5 Å². The predicted octanol–water partition coefficient (Wildman–Crippen LogP) is 3.16. The first-order chi connectivity index (χ1) is 9.11. The summed E-state index contributed by atoms with van der Waals surface area (Å²) in [4.78, 5) is 1.96. The SMILES string of the molecule is CN(C)c1nnc(SC(CN)c2ccccc2Br)s1. The quantitative estimate of drug-likeness (QED) is 0.831. The Hall–Kier alpha value is -0.630. The summed E-state index contributed by atoms with van der Waals surface area (Å²) in [5.74, 6) is 0. The summed E-state index contributed by atoms with van der Waals surface area (Å²) in [6.07, 6.45) is 0. The van der Waals surface area contributed by atoms with Gasteiger partial charge < -0.3 is 10.6 Å². The maximum Gasteiger partial charge on any atom is 0.208 e. The van der Waals surface area contributed by atoms with E-state index in [0.717, 1.165) is 13.9 Å². The van der Waals surface area contributed by atoms with Gasteiger partial charge in [-0.25, -0.2) is 0 Å². The van der Waals surface area contributed by atoms with Crippen molar-refractivity contribution in [2.24, 2.45) is 5.73 Å². The fraction of sp³-hybridized carbons (Fsp3) is 0.333. The second-order valence-corrected chi connectivity index (χ2v) is 7.37. The zero-order chi connectivity index (χ0) is 13.8. The summed E-state index contributed by atoms with van der Waals surface area (Å²) in [6.45, 7) is 0.560. The molecular weight excluding hydrogens is 344 g/mol. The van der Waals surface area contributed by atoms with Crippen LogP contribution in [0.15, 0.2) is 33.1 Å². The Bertz CT molecular complexity index is 544. The van der Waals surface area contributed by atoms with E-state index >= 15 is 0 Å². The Morgan fingerprint density at radius 2 is 2.11 bits per heavy atom. The van der Waals surface area contributed by atoms with Crippen LogP contribution in [-0.4, -0.2) is 30.8 Å². The van der Waals surface area contributed by atoms with Crippen LogP contribution in [0, 0.1) is 0 Å². The molecule has 1 unspecified atom stereocenters. The smallest absolute Gasteiger partial charge is 0.208 e. The van der Waals surface area contributed by atoms with Crippen molar-refractivity contribution in [3.8, 4) is 0 Å². The summed E-state index contributed by atoms with van der Waals surface area (Å²) in [6, 6.07) is 8.14. The van der Waals surface area contributed by atoms with E-state index in [1.165, 1.54) is 5.56 Å². The second-order valence-electron chi connectivity index (χ2n) is 4.11. The van der Waals surface area contributed by atoms with Crippen LogP contribution in [0.25, 0.3) is 0 Å². The molecule has 2 aromatic rings. The van der Waals surface area contributed by atoms with Crippen molar-refractivity contribution in [2.45, 2.75) is 9.59 Å². The Kier molecular flexibility index (Phi) is 5.20. The van der Waals surface area contributed by atoms with Crippen molar-refractivity contribution in [1.29, 1.82) is 0 Å². The molecule has 2 N–H and O–H groups in total. The molecule has 0 aliphatic carbocycles. The van der Waals surface area contributed by atoms with E-state index in [1.807, 2.05) is 37.2 Å². The van der Waals surface area contributed by atoms with Gasteiger partial charge in [0.15, 0.2) is 4.34 Å². The molecule has 1 aromatic heterocycles. The molecule has 4 nitrogen and oxygen atoms in total. The molecule has 0 aliphatic heterocycles. The lowest BCUT2D eigenvalue weighted by Crippen LogP contribution is -2.09. The van der Waals surface area contributed by atoms with Gasteiger partial charge in [0.25, 0.3) is 0 Å². The predicted molar refractivity (Wildman–Crippen MR) is 86.0 cm³/mol. The number of hydrogen-bond donors (Lipinski definition) is 1. The standard InChI is InChI=1S/C12H15BrN4S2/c1-17(2)11-15-16-12(19-11)18-10(7-14)8-5-3-4-6-9(8)13/h3-6,10H,7,14H2,1-2H3. The minimum atomic E-state index is 0.179. The van der Waals surface area contributed by atoms with Gasteiger partial charge in [0, 0.05) is 25.1 Å². The fourth-order valence-electron chi connectivity index (χ4n) is 1.53. The normalized spacial score (nSPS) is 12.4. The number of aromatic nitrogens is 2. The van der Waals surface area contributed by atoms with Crippen molar-refractivity contribution < 1.29 is 0 Å². The molecule has 0 bridgehead atoms. The van der Waals surface area contributed by atoms with Crippen LogP contribution in [0.2, 0.25) is 0 Å². The molecule has 7 heteroatoms. The number of thioether (sulfide) groups is 1. The lowest BCUT2D eigenvalue weighted by molar-refractivity contribution is 0.923. The van der Waals surface area contributed by atoms with Gasteiger partial charge in [-0.15, -0.1) is 10.2 Å². The highest BCUT2D eigenvalue weighted by molar-refractivity contribution is 9.10. The van der Waals surface area contributed by atoms with E-state index in [1.54, 1.807) is 23.1 Å². The molecule has 0 radical (unpaired) electrons. The van der Waals surface area contributed by atoms with Crippen LogP contribution in [0.5, 0.6) is 0 Å². The molecule has 0 spiro atoms. The molecule has 1 atom stereocenters. The van der Waals surface area contributed by atoms with Crippen LogP contribution >= 0.6 is 39.0 Å². The summed E-state index contributed by atoms with van der Waals surface area (Å²) < 4.78 is 2.02. The van der Waals surface area contributed by atoms with Crippen molar-refractivity contribution in [3.05, 3.63) is 34.3 Å². The fourth-order valence-corrected chi connectivity index (χ4v) is 4.27.